The fourth-order valence-electron chi connectivity index (χ4n) is 1.68. The summed E-state index contributed by atoms with van der Waals surface area (Å²) in [5.74, 6) is 0.133. The molecular weight excluding hydrogens is 176 g/mol. The number of rotatable bonds is 6. The van der Waals surface area contributed by atoms with E-state index in [1.807, 2.05) is 0 Å². The Morgan fingerprint density at radius 3 is 3.07 bits per heavy atom. The third-order valence-corrected chi connectivity index (χ3v) is 2.51. The molecule has 0 fully saturated rings. The van der Waals surface area contributed by atoms with Gasteiger partial charge in [0.2, 0.25) is 5.91 Å². The van der Waals surface area contributed by atoms with Gasteiger partial charge in [-0.1, -0.05) is 11.6 Å². The summed E-state index contributed by atoms with van der Waals surface area (Å²) in [5, 5.41) is 2.91. The minimum Gasteiger partial charge on any atom is -0.356 e. The Bertz CT molecular complexity index is 211. The summed E-state index contributed by atoms with van der Waals surface area (Å²) in [6.45, 7) is 1.38. The van der Waals surface area contributed by atoms with Crippen molar-refractivity contribution >= 4 is 5.91 Å². The summed E-state index contributed by atoms with van der Waals surface area (Å²) in [7, 11) is 0. The molecule has 1 aliphatic rings. The van der Waals surface area contributed by atoms with Crippen molar-refractivity contribution in [1.29, 1.82) is 0 Å². The van der Waals surface area contributed by atoms with Crippen molar-refractivity contribution in [2.24, 2.45) is 5.73 Å². The molecular formula is C11H20N2O. The summed E-state index contributed by atoms with van der Waals surface area (Å²) >= 11 is 0. The van der Waals surface area contributed by atoms with Gasteiger partial charge in [-0.2, -0.15) is 0 Å². The predicted octanol–water partition coefficient (Wildman–Crippen LogP) is 1.34. The van der Waals surface area contributed by atoms with E-state index in [0.29, 0.717) is 13.0 Å². The van der Waals surface area contributed by atoms with Crippen molar-refractivity contribution in [1.82, 2.24) is 5.32 Å². The molecule has 80 valence electrons. The number of carbonyl (C=O) groups is 1. The SMILES string of the molecule is NCCCC(=O)NCCC1=CCCC1. The van der Waals surface area contributed by atoms with Crippen LogP contribution in [-0.2, 0) is 4.79 Å². The van der Waals surface area contributed by atoms with Crippen LogP contribution in [0.1, 0.15) is 38.5 Å². The molecule has 0 atom stereocenters. The standard InChI is InChI=1S/C11H20N2O/c12-8-3-6-11(14)13-9-7-10-4-1-2-5-10/h4H,1-3,5-9,12H2,(H,13,14). The van der Waals surface area contributed by atoms with Crippen LogP contribution < -0.4 is 11.1 Å². The highest BCUT2D eigenvalue weighted by atomic mass is 16.1. The number of amides is 1. The Kier molecular flexibility index (Phi) is 5.30. The van der Waals surface area contributed by atoms with Gasteiger partial charge in [0.1, 0.15) is 0 Å². The molecule has 14 heavy (non-hydrogen) atoms. The van der Waals surface area contributed by atoms with Gasteiger partial charge in [-0.3, -0.25) is 4.79 Å². The molecule has 3 N–H and O–H groups in total. The zero-order valence-electron chi connectivity index (χ0n) is 8.72. The van der Waals surface area contributed by atoms with Gasteiger partial charge in [-0.25, -0.2) is 0 Å². The third-order valence-electron chi connectivity index (χ3n) is 2.51. The number of allylic oxidation sites excluding steroid dienone is 1. The Balaban J connectivity index is 2.00. The zero-order valence-corrected chi connectivity index (χ0v) is 8.72. The molecule has 1 amide bonds. The molecule has 0 aromatic heterocycles. The summed E-state index contributed by atoms with van der Waals surface area (Å²) in [6.07, 6.45) is 8.40. The van der Waals surface area contributed by atoms with Crippen LogP contribution in [0.5, 0.6) is 0 Å². The van der Waals surface area contributed by atoms with Crippen molar-refractivity contribution < 1.29 is 4.79 Å². The molecule has 0 radical (unpaired) electrons. The highest BCUT2D eigenvalue weighted by molar-refractivity contribution is 5.75. The van der Waals surface area contributed by atoms with Crippen molar-refractivity contribution in [3.8, 4) is 0 Å². The first-order valence-corrected chi connectivity index (χ1v) is 5.47. The van der Waals surface area contributed by atoms with E-state index < -0.39 is 0 Å². The molecule has 0 saturated heterocycles. The molecule has 3 heteroatoms. The van der Waals surface area contributed by atoms with Gasteiger partial charge in [0.05, 0.1) is 0 Å². The highest BCUT2D eigenvalue weighted by Crippen LogP contribution is 2.19. The fourth-order valence-corrected chi connectivity index (χ4v) is 1.68. The molecule has 0 heterocycles. The average molecular weight is 196 g/mol. The van der Waals surface area contributed by atoms with E-state index in [4.69, 9.17) is 5.73 Å². The lowest BCUT2D eigenvalue weighted by atomic mass is 10.1. The Morgan fingerprint density at radius 1 is 1.57 bits per heavy atom. The van der Waals surface area contributed by atoms with Crippen LogP contribution in [0.4, 0.5) is 0 Å². The summed E-state index contributed by atoms with van der Waals surface area (Å²) in [5.41, 5.74) is 6.82. The first-order chi connectivity index (χ1) is 6.83. The second-order valence-electron chi connectivity index (χ2n) is 3.75. The highest BCUT2D eigenvalue weighted by Gasteiger charge is 2.04. The monoisotopic (exact) mass is 196 g/mol. The van der Waals surface area contributed by atoms with Gasteiger partial charge in [-0.05, 0) is 38.6 Å². The van der Waals surface area contributed by atoms with Gasteiger partial charge < -0.3 is 11.1 Å². The number of carbonyl (C=O) groups excluding carboxylic acids is 1. The minimum absolute atomic E-state index is 0.133. The van der Waals surface area contributed by atoms with Crippen LogP contribution in [0.2, 0.25) is 0 Å². The van der Waals surface area contributed by atoms with E-state index in [0.717, 1.165) is 19.4 Å². The largest absolute Gasteiger partial charge is 0.356 e. The zero-order chi connectivity index (χ0) is 10.2. The second kappa shape index (κ2) is 6.60. The normalized spacial score (nSPS) is 15.4. The van der Waals surface area contributed by atoms with E-state index >= 15 is 0 Å². The van der Waals surface area contributed by atoms with Crippen LogP contribution in [0.15, 0.2) is 11.6 Å². The number of hydrogen-bond donors (Lipinski definition) is 2. The Hall–Kier alpha value is -0.830. The molecule has 3 nitrogen and oxygen atoms in total. The minimum atomic E-state index is 0.133. The van der Waals surface area contributed by atoms with Crippen LogP contribution in [-0.4, -0.2) is 19.0 Å². The van der Waals surface area contributed by atoms with Crippen molar-refractivity contribution in [2.75, 3.05) is 13.1 Å². The van der Waals surface area contributed by atoms with E-state index in [1.54, 1.807) is 0 Å². The van der Waals surface area contributed by atoms with Crippen LogP contribution >= 0.6 is 0 Å². The lowest BCUT2D eigenvalue weighted by Crippen LogP contribution is -2.24. The molecule has 0 saturated carbocycles. The lowest BCUT2D eigenvalue weighted by molar-refractivity contribution is -0.121. The molecule has 1 rings (SSSR count). The summed E-state index contributed by atoms with van der Waals surface area (Å²) < 4.78 is 0. The van der Waals surface area contributed by atoms with Crippen LogP contribution in [0, 0.1) is 0 Å². The molecule has 0 aromatic rings. The first-order valence-electron chi connectivity index (χ1n) is 5.47. The smallest absolute Gasteiger partial charge is 0.220 e. The maximum Gasteiger partial charge on any atom is 0.220 e. The quantitative estimate of drug-likeness (QED) is 0.630. The summed E-state index contributed by atoms with van der Waals surface area (Å²) in [4.78, 5) is 11.2. The average Bonchev–Trinajstić information content (AvgIpc) is 2.67. The molecule has 1 aliphatic carbocycles. The molecule has 0 aliphatic heterocycles. The Morgan fingerprint density at radius 2 is 2.43 bits per heavy atom. The number of hydrogen-bond acceptors (Lipinski definition) is 2. The van der Waals surface area contributed by atoms with E-state index in [-0.39, 0.29) is 5.91 Å². The van der Waals surface area contributed by atoms with E-state index in [9.17, 15) is 4.79 Å². The lowest BCUT2D eigenvalue weighted by Gasteiger charge is -2.04. The predicted molar refractivity (Wildman–Crippen MR) is 57.8 cm³/mol. The van der Waals surface area contributed by atoms with Crippen LogP contribution in [0.3, 0.4) is 0 Å². The first kappa shape index (κ1) is 11.2. The third kappa shape index (κ3) is 4.42. The van der Waals surface area contributed by atoms with Crippen LogP contribution in [0.25, 0.3) is 0 Å². The molecule has 0 aromatic carbocycles. The fraction of sp³-hybridized carbons (Fsp3) is 0.727. The van der Waals surface area contributed by atoms with Gasteiger partial charge in [0, 0.05) is 13.0 Å². The molecule has 0 bridgehead atoms. The number of nitrogens with two attached hydrogens (primary N) is 1. The van der Waals surface area contributed by atoms with Crippen molar-refractivity contribution in [3.05, 3.63) is 11.6 Å². The van der Waals surface area contributed by atoms with Crippen molar-refractivity contribution in [3.63, 3.8) is 0 Å². The van der Waals surface area contributed by atoms with Gasteiger partial charge in [-0.15, -0.1) is 0 Å². The molecule has 0 spiro atoms. The Labute approximate surface area is 85.7 Å². The van der Waals surface area contributed by atoms with Crippen molar-refractivity contribution in [2.45, 2.75) is 38.5 Å². The van der Waals surface area contributed by atoms with E-state index in [2.05, 4.69) is 11.4 Å². The van der Waals surface area contributed by atoms with E-state index in [1.165, 1.54) is 24.8 Å². The second-order valence-corrected chi connectivity index (χ2v) is 3.75. The van der Waals surface area contributed by atoms with Gasteiger partial charge >= 0.3 is 0 Å². The van der Waals surface area contributed by atoms with Gasteiger partial charge in [0.25, 0.3) is 0 Å². The topological polar surface area (TPSA) is 55.1 Å². The molecule has 0 unspecified atom stereocenters. The number of nitrogens with one attached hydrogen (secondary N) is 1. The van der Waals surface area contributed by atoms with Gasteiger partial charge in [0.15, 0.2) is 0 Å². The maximum absolute atomic E-state index is 11.2. The summed E-state index contributed by atoms with van der Waals surface area (Å²) in [6, 6.07) is 0. The maximum atomic E-state index is 11.2.